The van der Waals surface area contributed by atoms with Crippen LogP contribution in [0.1, 0.15) is 5.56 Å². The van der Waals surface area contributed by atoms with E-state index in [9.17, 15) is 0 Å². The minimum Gasteiger partial charge on any atom is -0.491 e. The number of ether oxygens (including phenoxy) is 4. The van der Waals surface area contributed by atoms with E-state index in [1.54, 1.807) is 7.11 Å². The molecule has 1 atom stereocenters. The van der Waals surface area contributed by atoms with E-state index in [1.807, 2.05) is 18.2 Å². The SMILES string of the molecule is COC1COCc2cc(Br)ccc2OCCO1. The van der Waals surface area contributed by atoms with Crippen LogP contribution in [0.5, 0.6) is 5.75 Å². The Hall–Kier alpha value is -0.620. The van der Waals surface area contributed by atoms with Gasteiger partial charge in [0.05, 0.1) is 19.8 Å². The molecule has 1 aliphatic rings. The van der Waals surface area contributed by atoms with E-state index in [2.05, 4.69) is 15.9 Å². The zero-order valence-corrected chi connectivity index (χ0v) is 11.2. The molecule has 17 heavy (non-hydrogen) atoms. The maximum absolute atomic E-state index is 5.63. The Morgan fingerprint density at radius 3 is 3.06 bits per heavy atom. The van der Waals surface area contributed by atoms with Crippen molar-refractivity contribution in [2.24, 2.45) is 0 Å². The molecule has 1 aromatic rings. The lowest BCUT2D eigenvalue weighted by Gasteiger charge is -2.20. The third kappa shape index (κ3) is 3.67. The van der Waals surface area contributed by atoms with Gasteiger partial charge in [0.25, 0.3) is 0 Å². The number of benzene rings is 1. The van der Waals surface area contributed by atoms with E-state index >= 15 is 0 Å². The Labute approximate surface area is 109 Å². The number of methoxy groups -OCH3 is 1. The van der Waals surface area contributed by atoms with Gasteiger partial charge in [-0.15, -0.1) is 0 Å². The summed E-state index contributed by atoms with van der Waals surface area (Å²) in [5.74, 6) is 0.840. The fraction of sp³-hybridized carbons (Fsp3) is 0.500. The lowest BCUT2D eigenvalue weighted by Crippen LogP contribution is -2.25. The summed E-state index contributed by atoms with van der Waals surface area (Å²) < 4.78 is 22.7. The minimum atomic E-state index is -0.327. The summed E-state index contributed by atoms with van der Waals surface area (Å²) >= 11 is 3.44. The summed E-state index contributed by atoms with van der Waals surface area (Å²) in [6, 6.07) is 5.88. The zero-order chi connectivity index (χ0) is 12.1. The fourth-order valence-corrected chi connectivity index (χ4v) is 1.99. The van der Waals surface area contributed by atoms with Gasteiger partial charge >= 0.3 is 0 Å². The molecule has 1 unspecified atom stereocenters. The first-order chi connectivity index (χ1) is 8.29. The van der Waals surface area contributed by atoms with Crippen LogP contribution in [-0.4, -0.2) is 33.2 Å². The highest BCUT2D eigenvalue weighted by Crippen LogP contribution is 2.24. The van der Waals surface area contributed by atoms with Gasteiger partial charge in [-0.3, -0.25) is 0 Å². The van der Waals surface area contributed by atoms with E-state index in [4.69, 9.17) is 18.9 Å². The van der Waals surface area contributed by atoms with Crippen LogP contribution in [0.4, 0.5) is 0 Å². The molecule has 0 spiro atoms. The van der Waals surface area contributed by atoms with Crippen molar-refractivity contribution in [1.29, 1.82) is 0 Å². The first-order valence-electron chi connectivity index (χ1n) is 5.43. The Balaban J connectivity index is 2.09. The monoisotopic (exact) mass is 302 g/mol. The Morgan fingerprint density at radius 1 is 1.35 bits per heavy atom. The molecule has 0 saturated heterocycles. The first-order valence-corrected chi connectivity index (χ1v) is 6.22. The quantitative estimate of drug-likeness (QED) is 0.798. The summed E-state index contributed by atoms with van der Waals surface area (Å²) in [4.78, 5) is 0. The van der Waals surface area contributed by atoms with Crippen LogP contribution in [-0.2, 0) is 20.8 Å². The average Bonchev–Trinajstić information content (AvgIpc) is 2.35. The highest BCUT2D eigenvalue weighted by molar-refractivity contribution is 9.10. The van der Waals surface area contributed by atoms with Gasteiger partial charge in [0, 0.05) is 17.1 Å². The molecule has 94 valence electrons. The van der Waals surface area contributed by atoms with Crippen LogP contribution in [0.2, 0.25) is 0 Å². The number of hydrogen-bond donors (Lipinski definition) is 0. The van der Waals surface area contributed by atoms with Crippen molar-refractivity contribution in [2.45, 2.75) is 12.9 Å². The maximum atomic E-state index is 5.63. The summed E-state index contributed by atoms with van der Waals surface area (Å²) in [7, 11) is 1.60. The highest BCUT2D eigenvalue weighted by atomic mass is 79.9. The minimum absolute atomic E-state index is 0.327. The van der Waals surface area contributed by atoms with Gasteiger partial charge < -0.3 is 18.9 Å². The maximum Gasteiger partial charge on any atom is 0.180 e. The second-order valence-corrected chi connectivity index (χ2v) is 4.57. The molecule has 2 rings (SSSR count). The number of hydrogen-bond acceptors (Lipinski definition) is 4. The molecule has 4 nitrogen and oxygen atoms in total. The Morgan fingerprint density at radius 2 is 2.24 bits per heavy atom. The van der Waals surface area contributed by atoms with Crippen LogP contribution in [0.15, 0.2) is 22.7 Å². The predicted molar refractivity (Wildman–Crippen MR) is 66.0 cm³/mol. The second kappa shape index (κ2) is 6.35. The molecule has 0 aliphatic carbocycles. The van der Waals surface area contributed by atoms with Gasteiger partial charge in [0.2, 0.25) is 0 Å². The molecular formula is C12H15BrO4. The lowest BCUT2D eigenvalue weighted by molar-refractivity contribution is -0.164. The van der Waals surface area contributed by atoms with E-state index in [1.165, 1.54) is 0 Å². The number of halogens is 1. The molecule has 5 heteroatoms. The van der Waals surface area contributed by atoms with Crippen molar-refractivity contribution < 1.29 is 18.9 Å². The van der Waals surface area contributed by atoms with E-state index in [0.717, 1.165) is 15.8 Å². The molecule has 1 aliphatic heterocycles. The fourth-order valence-electron chi connectivity index (χ4n) is 1.58. The summed E-state index contributed by atoms with van der Waals surface area (Å²) in [6.45, 7) is 1.90. The second-order valence-electron chi connectivity index (χ2n) is 3.65. The third-order valence-electron chi connectivity index (χ3n) is 2.44. The molecule has 0 N–H and O–H groups in total. The largest absolute Gasteiger partial charge is 0.491 e. The van der Waals surface area contributed by atoms with Crippen LogP contribution in [0, 0.1) is 0 Å². The third-order valence-corrected chi connectivity index (χ3v) is 2.93. The van der Waals surface area contributed by atoms with Gasteiger partial charge in [-0.2, -0.15) is 0 Å². The molecule has 0 bridgehead atoms. The van der Waals surface area contributed by atoms with Gasteiger partial charge in [-0.05, 0) is 18.2 Å². The normalized spacial score (nSPS) is 21.4. The zero-order valence-electron chi connectivity index (χ0n) is 9.65. The Bertz CT molecular complexity index is 370. The molecule has 0 amide bonds. The van der Waals surface area contributed by atoms with Crippen molar-refractivity contribution in [3.63, 3.8) is 0 Å². The molecule has 1 heterocycles. The van der Waals surface area contributed by atoms with Gasteiger partial charge in [-0.1, -0.05) is 15.9 Å². The van der Waals surface area contributed by atoms with E-state index in [0.29, 0.717) is 26.4 Å². The number of fused-ring (bicyclic) bond motifs is 1. The van der Waals surface area contributed by atoms with Crippen molar-refractivity contribution in [1.82, 2.24) is 0 Å². The van der Waals surface area contributed by atoms with Crippen molar-refractivity contribution in [3.05, 3.63) is 28.2 Å². The summed E-state index contributed by atoms with van der Waals surface area (Å²) in [5.41, 5.74) is 1.02. The van der Waals surface area contributed by atoms with Crippen molar-refractivity contribution in [3.8, 4) is 5.75 Å². The van der Waals surface area contributed by atoms with Crippen LogP contribution in [0.3, 0.4) is 0 Å². The smallest absolute Gasteiger partial charge is 0.180 e. The average molecular weight is 303 g/mol. The summed E-state index contributed by atoms with van der Waals surface area (Å²) in [6.07, 6.45) is -0.327. The molecule has 0 radical (unpaired) electrons. The van der Waals surface area contributed by atoms with Crippen LogP contribution in [0.25, 0.3) is 0 Å². The predicted octanol–water partition coefficient (Wildman–Crippen LogP) is 2.35. The van der Waals surface area contributed by atoms with Crippen molar-refractivity contribution >= 4 is 15.9 Å². The lowest BCUT2D eigenvalue weighted by atomic mass is 10.2. The summed E-state index contributed by atoms with van der Waals surface area (Å²) in [5, 5.41) is 0. The molecule has 0 aromatic heterocycles. The van der Waals surface area contributed by atoms with Gasteiger partial charge in [0.15, 0.2) is 6.29 Å². The number of rotatable bonds is 1. The topological polar surface area (TPSA) is 36.9 Å². The molecular weight excluding hydrogens is 288 g/mol. The van der Waals surface area contributed by atoms with Gasteiger partial charge in [0.1, 0.15) is 12.4 Å². The Kier molecular flexibility index (Phi) is 4.79. The molecule has 1 aromatic carbocycles. The van der Waals surface area contributed by atoms with E-state index in [-0.39, 0.29) is 6.29 Å². The van der Waals surface area contributed by atoms with Crippen LogP contribution < -0.4 is 4.74 Å². The van der Waals surface area contributed by atoms with E-state index < -0.39 is 0 Å². The van der Waals surface area contributed by atoms with Gasteiger partial charge in [-0.25, -0.2) is 0 Å². The molecule has 0 saturated carbocycles. The highest BCUT2D eigenvalue weighted by Gasteiger charge is 2.12. The standard InChI is InChI=1S/C12H15BrO4/c1-14-12-8-15-7-9-6-10(13)2-3-11(9)16-4-5-17-12/h2-3,6,12H,4-5,7-8H2,1H3. The molecule has 0 fully saturated rings. The first kappa shape index (κ1) is 12.8. The van der Waals surface area contributed by atoms with Crippen molar-refractivity contribution in [2.75, 3.05) is 26.9 Å². The van der Waals surface area contributed by atoms with Crippen LogP contribution >= 0.6 is 15.9 Å².